The van der Waals surface area contributed by atoms with Crippen molar-refractivity contribution in [3.8, 4) is 0 Å². The fourth-order valence-electron chi connectivity index (χ4n) is 2.04. The van der Waals surface area contributed by atoms with Gasteiger partial charge in [0.1, 0.15) is 0 Å². The number of aromatic amines is 1. The third-order valence-electron chi connectivity index (χ3n) is 3.05. The van der Waals surface area contributed by atoms with Crippen molar-refractivity contribution in [3.63, 3.8) is 0 Å². The zero-order chi connectivity index (χ0) is 11.5. The number of nitrogens with zero attached hydrogens (tertiary/aromatic N) is 2. The van der Waals surface area contributed by atoms with Gasteiger partial charge in [0.2, 0.25) is 5.91 Å². The van der Waals surface area contributed by atoms with Crippen LogP contribution in [-0.4, -0.2) is 47.9 Å². The summed E-state index contributed by atoms with van der Waals surface area (Å²) in [7, 11) is 3.99. The number of nitrogens with one attached hydrogen (secondary N) is 1. The molecule has 0 fully saturated rings. The van der Waals surface area contributed by atoms with E-state index in [1.165, 1.54) is 11.3 Å². The van der Waals surface area contributed by atoms with Crippen LogP contribution in [0, 0.1) is 0 Å². The Morgan fingerprint density at radius 1 is 1.56 bits per heavy atom. The van der Waals surface area contributed by atoms with Gasteiger partial charge in [-0.05, 0) is 25.7 Å². The van der Waals surface area contributed by atoms with Gasteiger partial charge in [0.25, 0.3) is 0 Å². The molecule has 88 valence electrons. The summed E-state index contributed by atoms with van der Waals surface area (Å²) in [6, 6.07) is 2.07. The summed E-state index contributed by atoms with van der Waals surface area (Å²) in [4.78, 5) is 19.1. The number of carbonyl (C=O) groups is 1. The predicted octanol–water partition coefficient (Wildman–Crippen LogP) is 0.851. The fourth-order valence-corrected chi connectivity index (χ4v) is 2.04. The van der Waals surface area contributed by atoms with Gasteiger partial charge in [0.05, 0.1) is 0 Å². The molecule has 4 heteroatoms. The molecule has 0 radical (unpaired) electrons. The summed E-state index contributed by atoms with van der Waals surface area (Å²) in [6.45, 7) is 2.44. The van der Waals surface area contributed by atoms with E-state index in [9.17, 15) is 4.79 Å². The molecule has 1 N–H and O–H groups in total. The zero-order valence-corrected chi connectivity index (χ0v) is 9.99. The average molecular weight is 221 g/mol. The normalized spacial score (nSPS) is 15.3. The van der Waals surface area contributed by atoms with E-state index in [1.54, 1.807) is 0 Å². The minimum atomic E-state index is 0.264. The van der Waals surface area contributed by atoms with Gasteiger partial charge in [-0.3, -0.25) is 4.79 Å². The summed E-state index contributed by atoms with van der Waals surface area (Å²) in [5.41, 5.74) is 2.56. The number of amides is 1. The van der Waals surface area contributed by atoms with Crippen LogP contribution in [0.5, 0.6) is 0 Å². The molecule has 0 aliphatic carbocycles. The minimum Gasteiger partial charge on any atom is -0.365 e. The lowest BCUT2D eigenvalue weighted by atomic mass is 10.1. The summed E-state index contributed by atoms with van der Waals surface area (Å²) >= 11 is 0. The molecule has 16 heavy (non-hydrogen) atoms. The van der Waals surface area contributed by atoms with Crippen LogP contribution in [0.4, 0.5) is 0 Å². The van der Waals surface area contributed by atoms with Crippen LogP contribution in [-0.2, 0) is 17.8 Å². The molecule has 0 bridgehead atoms. The van der Waals surface area contributed by atoms with Crippen molar-refractivity contribution in [3.05, 3.63) is 23.5 Å². The van der Waals surface area contributed by atoms with Crippen molar-refractivity contribution in [2.45, 2.75) is 19.4 Å². The topological polar surface area (TPSA) is 39.3 Å². The third kappa shape index (κ3) is 2.44. The second kappa shape index (κ2) is 4.70. The summed E-state index contributed by atoms with van der Waals surface area (Å²) in [5.74, 6) is 0.264. The highest BCUT2D eigenvalue weighted by atomic mass is 16.2. The van der Waals surface area contributed by atoms with Gasteiger partial charge in [-0.15, -0.1) is 0 Å². The van der Waals surface area contributed by atoms with Gasteiger partial charge in [0.15, 0.2) is 0 Å². The molecule has 0 unspecified atom stereocenters. The molecule has 0 aromatic carbocycles. The number of hydrogen-bond donors (Lipinski definition) is 1. The number of aromatic nitrogens is 1. The molecule has 0 saturated carbocycles. The Morgan fingerprint density at radius 2 is 2.38 bits per heavy atom. The Labute approximate surface area is 96.2 Å². The molecule has 1 aromatic heterocycles. The minimum absolute atomic E-state index is 0.264. The van der Waals surface area contributed by atoms with Crippen LogP contribution in [0.2, 0.25) is 0 Å². The molecule has 4 nitrogen and oxygen atoms in total. The van der Waals surface area contributed by atoms with Gasteiger partial charge in [-0.2, -0.15) is 0 Å². The maximum absolute atomic E-state index is 11.9. The van der Waals surface area contributed by atoms with Crippen molar-refractivity contribution in [1.29, 1.82) is 0 Å². The molecule has 0 atom stereocenters. The van der Waals surface area contributed by atoms with Crippen LogP contribution in [0.3, 0.4) is 0 Å². The van der Waals surface area contributed by atoms with E-state index in [2.05, 4.69) is 11.1 Å². The van der Waals surface area contributed by atoms with E-state index in [1.807, 2.05) is 30.1 Å². The number of rotatable bonds is 3. The highest BCUT2D eigenvalue weighted by Gasteiger charge is 2.20. The maximum atomic E-state index is 11.9. The van der Waals surface area contributed by atoms with E-state index in [-0.39, 0.29) is 5.91 Å². The zero-order valence-electron chi connectivity index (χ0n) is 9.99. The van der Waals surface area contributed by atoms with Gasteiger partial charge in [0, 0.05) is 44.4 Å². The average Bonchev–Trinajstić information content (AvgIpc) is 2.72. The SMILES string of the molecule is CN(C)CCC(=O)N1CCc2[nH]ccc2C1. The van der Waals surface area contributed by atoms with E-state index < -0.39 is 0 Å². The molecule has 1 aromatic rings. The first-order valence-electron chi connectivity index (χ1n) is 5.74. The molecule has 2 heterocycles. The Balaban J connectivity index is 1.90. The number of H-pyrrole nitrogens is 1. The molecule has 0 saturated heterocycles. The Kier molecular flexibility index (Phi) is 3.29. The summed E-state index contributed by atoms with van der Waals surface area (Å²) < 4.78 is 0. The first-order valence-corrected chi connectivity index (χ1v) is 5.74. The van der Waals surface area contributed by atoms with Gasteiger partial charge in [-0.25, -0.2) is 0 Å². The number of carbonyl (C=O) groups excluding carboxylic acids is 1. The molecular weight excluding hydrogens is 202 g/mol. The Morgan fingerprint density at radius 3 is 3.12 bits per heavy atom. The van der Waals surface area contributed by atoms with Gasteiger partial charge < -0.3 is 14.8 Å². The Bertz CT molecular complexity index is 370. The largest absolute Gasteiger partial charge is 0.365 e. The molecule has 1 aliphatic heterocycles. The van der Waals surface area contributed by atoms with Crippen molar-refractivity contribution >= 4 is 5.91 Å². The molecular formula is C12H19N3O. The number of hydrogen-bond acceptors (Lipinski definition) is 2. The van der Waals surface area contributed by atoms with E-state index in [0.717, 1.165) is 26.1 Å². The van der Waals surface area contributed by atoms with Crippen molar-refractivity contribution in [2.75, 3.05) is 27.2 Å². The highest BCUT2D eigenvalue weighted by molar-refractivity contribution is 5.76. The fraction of sp³-hybridized carbons (Fsp3) is 0.583. The molecule has 2 rings (SSSR count). The van der Waals surface area contributed by atoms with Crippen LogP contribution < -0.4 is 0 Å². The second-order valence-electron chi connectivity index (χ2n) is 4.60. The predicted molar refractivity (Wildman–Crippen MR) is 63.1 cm³/mol. The second-order valence-corrected chi connectivity index (χ2v) is 4.60. The van der Waals surface area contributed by atoms with E-state index >= 15 is 0 Å². The van der Waals surface area contributed by atoms with Gasteiger partial charge in [-0.1, -0.05) is 0 Å². The van der Waals surface area contributed by atoms with Crippen LogP contribution in [0.15, 0.2) is 12.3 Å². The molecule has 1 amide bonds. The lowest BCUT2D eigenvalue weighted by Crippen LogP contribution is -2.37. The Hall–Kier alpha value is -1.29. The van der Waals surface area contributed by atoms with Crippen LogP contribution in [0.1, 0.15) is 17.7 Å². The van der Waals surface area contributed by atoms with E-state index in [0.29, 0.717) is 6.42 Å². The molecule has 1 aliphatic rings. The first kappa shape index (κ1) is 11.2. The maximum Gasteiger partial charge on any atom is 0.224 e. The quantitative estimate of drug-likeness (QED) is 0.822. The van der Waals surface area contributed by atoms with Crippen LogP contribution >= 0.6 is 0 Å². The smallest absolute Gasteiger partial charge is 0.224 e. The van der Waals surface area contributed by atoms with Crippen molar-refractivity contribution < 1.29 is 4.79 Å². The highest BCUT2D eigenvalue weighted by Crippen LogP contribution is 2.17. The molecule has 0 spiro atoms. The third-order valence-corrected chi connectivity index (χ3v) is 3.05. The number of fused-ring (bicyclic) bond motifs is 1. The lowest BCUT2D eigenvalue weighted by Gasteiger charge is -2.27. The van der Waals surface area contributed by atoms with Crippen molar-refractivity contribution in [2.24, 2.45) is 0 Å². The summed E-state index contributed by atoms with van der Waals surface area (Å²) in [6.07, 6.45) is 3.53. The van der Waals surface area contributed by atoms with Crippen LogP contribution in [0.25, 0.3) is 0 Å². The first-order chi connectivity index (χ1) is 7.66. The summed E-state index contributed by atoms with van der Waals surface area (Å²) in [5, 5.41) is 0. The standard InChI is InChI=1S/C12H19N3O/c1-14(2)7-5-12(16)15-8-4-11-10(9-15)3-6-13-11/h3,6,13H,4-5,7-9H2,1-2H3. The monoisotopic (exact) mass is 221 g/mol. The van der Waals surface area contributed by atoms with Crippen molar-refractivity contribution in [1.82, 2.24) is 14.8 Å². The van der Waals surface area contributed by atoms with E-state index in [4.69, 9.17) is 0 Å². The lowest BCUT2D eigenvalue weighted by molar-refractivity contribution is -0.132. The van der Waals surface area contributed by atoms with Gasteiger partial charge >= 0.3 is 0 Å².